The first-order chi connectivity index (χ1) is 8.17. The molecule has 0 aliphatic carbocycles. The van der Waals surface area contributed by atoms with Crippen LogP contribution >= 0.6 is 0 Å². The molecule has 3 nitrogen and oxygen atoms in total. The van der Waals surface area contributed by atoms with Gasteiger partial charge >= 0.3 is 0 Å². The lowest BCUT2D eigenvalue weighted by molar-refractivity contribution is -0.125. The molecule has 17 heavy (non-hydrogen) atoms. The number of nitrogens with one attached hydrogen (secondary N) is 1. The molecule has 0 aliphatic heterocycles. The quantitative estimate of drug-likeness (QED) is 0.742. The van der Waals surface area contributed by atoms with Crippen LogP contribution in [0, 0.1) is 5.92 Å². The smallest absolute Gasteiger partial charge is 0.223 e. The summed E-state index contributed by atoms with van der Waals surface area (Å²) in [5.74, 6) is 0.326. The minimum absolute atomic E-state index is 0.154. The lowest BCUT2D eigenvalue weighted by Crippen LogP contribution is -2.31. The number of rotatable bonds is 6. The van der Waals surface area contributed by atoms with E-state index in [0.717, 1.165) is 24.9 Å². The second kappa shape index (κ2) is 6.94. The normalized spacial score (nSPS) is 10.5. The van der Waals surface area contributed by atoms with Crippen LogP contribution in [-0.4, -0.2) is 12.5 Å². The van der Waals surface area contributed by atoms with Crippen LogP contribution < -0.4 is 11.1 Å². The van der Waals surface area contributed by atoms with Crippen LogP contribution in [-0.2, 0) is 11.2 Å². The molecule has 0 aliphatic rings. The SMILES string of the molecule is CCC(CC)C(=O)NCCc1ccc(N)cc1. The van der Waals surface area contributed by atoms with E-state index in [-0.39, 0.29) is 11.8 Å². The van der Waals surface area contributed by atoms with Gasteiger partial charge in [-0.1, -0.05) is 26.0 Å². The van der Waals surface area contributed by atoms with E-state index in [0.29, 0.717) is 6.54 Å². The predicted molar refractivity (Wildman–Crippen MR) is 71.6 cm³/mol. The maximum absolute atomic E-state index is 11.7. The molecule has 3 N–H and O–H groups in total. The van der Waals surface area contributed by atoms with E-state index in [1.165, 1.54) is 5.56 Å². The number of carbonyl (C=O) groups is 1. The van der Waals surface area contributed by atoms with Crippen molar-refractivity contribution in [1.82, 2.24) is 5.32 Å². The van der Waals surface area contributed by atoms with Gasteiger partial charge in [-0.05, 0) is 37.0 Å². The molecule has 1 aromatic carbocycles. The van der Waals surface area contributed by atoms with E-state index >= 15 is 0 Å². The number of carbonyl (C=O) groups excluding carboxylic acids is 1. The van der Waals surface area contributed by atoms with Crippen LogP contribution in [0.25, 0.3) is 0 Å². The Morgan fingerprint density at radius 1 is 1.24 bits per heavy atom. The lowest BCUT2D eigenvalue weighted by atomic mass is 10.0. The molecule has 0 bridgehead atoms. The molecule has 0 heterocycles. The highest BCUT2D eigenvalue weighted by atomic mass is 16.1. The summed E-state index contributed by atoms with van der Waals surface area (Å²) in [6.45, 7) is 4.79. The van der Waals surface area contributed by atoms with E-state index in [1.54, 1.807) is 0 Å². The van der Waals surface area contributed by atoms with E-state index in [9.17, 15) is 4.79 Å². The van der Waals surface area contributed by atoms with Gasteiger partial charge in [0.25, 0.3) is 0 Å². The van der Waals surface area contributed by atoms with Crippen LogP contribution in [0.5, 0.6) is 0 Å². The fourth-order valence-corrected chi connectivity index (χ4v) is 1.82. The molecular weight excluding hydrogens is 212 g/mol. The fraction of sp³-hybridized carbons (Fsp3) is 0.500. The summed E-state index contributed by atoms with van der Waals surface area (Å²) < 4.78 is 0. The van der Waals surface area contributed by atoms with E-state index in [2.05, 4.69) is 5.32 Å². The lowest BCUT2D eigenvalue weighted by Gasteiger charge is -2.12. The summed E-state index contributed by atoms with van der Waals surface area (Å²) in [5.41, 5.74) is 7.58. The van der Waals surface area contributed by atoms with Gasteiger partial charge in [0.15, 0.2) is 0 Å². The van der Waals surface area contributed by atoms with Crippen LogP contribution in [0.4, 0.5) is 5.69 Å². The highest BCUT2D eigenvalue weighted by Gasteiger charge is 2.12. The molecule has 0 saturated heterocycles. The first kappa shape index (κ1) is 13.6. The van der Waals surface area contributed by atoms with Gasteiger partial charge in [0, 0.05) is 18.2 Å². The van der Waals surface area contributed by atoms with Gasteiger partial charge in [-0.15, -0.1) is 0 Å². The van der Waals surface area contributed by atoms with Gasteiger partial charge in [-0.3, -0.25) is 4.79 Å². The van der Waals surface area contributed by atoms with Crippen molar-refractivity contribution in [3.05, 3.63) is 29.8 Å². The maximum Gasteiger partial charge on any atom is 0.223 e. The van der Waals surface area contributed by atoms with Crippen LogP contribution in [0.2, 0.25) is 0 Å². The molecule has 0 fully saturated rings. The average molecular weight is 234 g/mol. The molecule has 0 saturated carbocycles. The minimum atomic E-state index is 0.154. The average Bonchev–Trinajstić information content (AvgIpc) is 2.33. The molecule has 0 spiro atoms. The predicted octanol–water partition coefficient (Wildman–Crippen LogP) is 2.36. The first-order valence-electron chi connectivity index (χ1n) is 6.29. The molecule has 3 heteroatoms. The Kier molecular flexibility index (Phi) is 5.53. The standard InChI is InChI=1S/C14H22N2O/c1-3-12(4-2)14(17)16-10-9-11-5-7-13(15)8-6-11/h5-8,12H,3-4,9-10,15H2,1-2H3,(H,16,17). The Hall–Kier alpha value is -1.51. The van der Waals surface area contributed by atoms with Gasteiger partial charge in [0.1, 0.15) is 0 Å². The maximum atomic E-state index is 11.7. The van der Waals surface area contributed by atoms with E-state index < -0.39 is 0 Å². The third-order valence-corrected chi connectivity index (χ3v) is 3.05. The number of anilines is 1. The van der Waals surface area contributed by atoms with Crippen molar-refractivity contribution >= 4 is 11.6 Å². The van der Waals surface area contributed by atoms with Crippen LogP contribution in [0.15, 0.2) is 24.3 Å². The third-order valence-electron chi connectivity index (χ3n) is 3.05. The Bertz CT molecular complexity index is 342. The van der Waals surface area contributed by atoms with Gasteiger partial charge in [0.2, 0.25) is 5.91 Å². The van der Waals surface area contributed by atoms with Crippen molar-refractivity contribution in [1.29, 1.82) is 0 Å². The third kappa shape index (κ3) is 4.47. The molecule has 1 aromatic rings. The Balaban J connectivity index is 2.32. The van der Waals surface area contributed by atoms with Gasteiger partial charge in [0.05, 0.1) is 0 Å². The number of nitrogen functional groups attached to an aromatic ring is 1. The number of amides is 1. The van der Waals surface area contributed by atoms with Crippen molar-refractivity contribution in [2.24, 2.45) is 5.92 Å². The van der Waals surface area contributed by atoms with Gasteiger partial charge in [-0.2, -0.15) is 0 Å². The molecule has 0 unspecified atom stereocenters. The zero-order valence-corrected chi connectivity index (χ0v) is 10.7. The Labute approximate surface area is 103 Å². The van der Waals surface area contributed by atoms with Gasteiger partial charge < -0.3 is 11.1 Å². The van der Waals surface area contributed by atoms with Crippen LogP contribution in [0.1, 0.15) is 32.3 Å². The second-order valence-corrected chi connectivity index (χ2v) is 4.30. The summed E-state index contributed by atoms with van der Waals surface area (Å²) >= 11 is 0. The molecule has 94 valence electrons. The van der Waals surface area contributed by atoms with Crippen molar-refractivity contribution in [3.8, 4) is 0 Å². The second-order valence-electron chi connectivity index (χ2n) is 4.30. The molecule has 0 radical (unpaired) electrons. The molecular formula is C14H22N2O. The van der Waals surface area contributed by atoms with Gasteiger partial charge in [-0.25, -0.2) is 0 Å². The van der Waals surface area contributed by atoms with Crippen molar-refractivity contribution < 1.29 is 4.79 Å². The summed E-state index contributed by atoms with van der Waals surface area (Å²) in [6.07, 6.45) is 2.67. The highest BCUT2D eigenvalue weighted by Crippen LogP contribution is 2.08. The zero-order valence-electron chi connectivity index (χ0n) is 10.7. The molecule has 1 amide bonds. The van der Waals surface area contributed by atoms with Crippen molar-refractivity contribution in [2.75, 3.05) is 12.3 Å². The Morgan fingerprint density at radius 2 is 1.82 bits per heavy atom. The van der Waals surface area contributed by atoms with E-state index in [1.807, 2.05) is 38.1 Å². The topological polar surface area (TPSA) is 55.1 Å². The summed E-state index contributed by atoms with van der Waals surface area (Å²) in [5, 5.41) is 2.98. The minimum Gasteiger partial charge on any atom is -0.399 e. The van der Waals surface area contributed by atoms with Crippen molar-refractivity contribution in [2.45, 2.75) is 33.1 Å². The summed E-state index contributed by atoms with van der Waals surface area (Å²) in [4.78, 5) is 11.7. The number of hydrogen-bond donors (Lipinski definition) is 2. The van der Waals surface area contributed by atoms with E-state index in [4.69, 9.17) is 5.73 Å². The number of nitrogens with two attached hydrogens (primary N) is 1. The summed E-state index contributed by atoms with van der Waals surface area (Å²) in [6, 6.07) is 7.77. The number of hydrogen-bond acceptors (Lipinski definition) is 2. The zero-order chi connectivity index (χ0) is 12.7. The molecule has 0 aromatic heterocycles. The monoisotopic (exact) mass is 234 g/mol. The highest BCUT2D eigenvalue weighted by molar-refractivity contribution is 5.78. The number of benzene rings is 1. The molecule has 0 atom stereocenters. The van der Waals surface area contributed by atoms with Crippen LogP contribution in [0.3, 0.4) is 0 Å². The largest absolute Gasteiger partial charge is 0.399 e. The first-order valence-corrected chi connectivity index (χ1v) is 6.29. The Morgan fingerprint density at radius 3 is 2.35 bits per heavy atom. The fourth-order valence-electron chi connectivity index (χ4n) is 1.82. The van der Waals surface area contributed by atoms with Crippen molar-refractivity contribution in [3.63, 3.8) is 0 Å². The molecule has 1 rings (SSSR count). The summed E-state index contributed by atoms with van der Waals surface area (Å²) in [7, 11) is 0.